The fourth-order valence-electron chi connectivity index (χ4n) is 1.93. The molecule has 15 heavy (non-hydrogen) atoms. The van der Waals surface area contributed by atoms with E-state index in [2.05, 4.69) is 18.5 Å². The third kappa shape index (κ3) is 3.46. The van der Waals surface area contributed by atoms with Crippen LogP contribution in [0.3, 0.4) is 0 Å². The van der Waals surface area contributed by atoms with Crippen molar-refractivity contribution in [3.05, 3.63) is 12.2 Å². The summed E-state index contributed by atoms with van der Waals surface area (Å²) in [5, 5.41) is 0. The van der Waals surface area contributed by atoms with Crippen LogP contribution < -0.4 is 4.98 Å². The summed E-state index contributed by atoms with van der Waals surface area (Å²) in [7, 11) is -1.97. The van der Waals surface area contributed by atoms with E-state index in [9.17, 15) is 4.79 Å². The summed E-state index contributed by atoms with van der Waals surface area (Å²) in [5.41, 5.74) is 0.576. The second-order valence-electron chi connectivity index (χ2n) is 4.28. The molecule has 4 heteroatoms. The van der Waals surface area contributed by atoms with Crippen LogP contribution >= 0.6 is 0 Å². The van der Waals surface area contributed by atoms with Crippen molar-refractivity contribution < 1.29 is 9.22 Å². The van der Waals surface area contributed by atoms with Crippen LogP contribution in [0.1, 0.15) is 33.1 Å². The minimum absolute atomic E-state index is 0.0305. The summed E-state index contributed by atoms with van der Waals surface area (Å²) >= 11 is 0. The predicted octanol–water partition coefficient (Wildman–Crippen LogP) is 2.34. The fraction of sp³-hybridized carbons (Fsp3) is 0.727. The van der Waals surface area contributed by atoms with Gasteiger partial charge in [-0.2, -0.15) is 0 Å². The zero-order chi connectivity index (χ0) is 11.3. The Balaban J connectivity index is 2.63. The Hall–Kier alpha value is -0.613. The van der Waals surface area contributed by atoms with Crippen LogP contribution in [-0.4, -0.2) is 21.0 Å². The summed E-state index contributed by atoms with van der Waals surface area (Å²) in [5.74, 6) is -0.0305. The van der Waals surface area contributed by atoms with Gasteiger partial charge in [0, 0.05) is 12.2 Å². The SMILES string of the molecule is C=C(C)C(=O)N[Si]1(CCC)CCCCO1. The van der Waals surface area contributed by atoms with Gasteiger partial charge >= 0.3 is 8.48 Å². The smallest absolute Gasteiger partial charge is 0.300 e. The number of nitrogens with one attached hydrogen (secondary N) is 1. The minimum Gasteiger partial charge on any atom is -0.399 e. The van der Waals surface area contributed by atoms with Gasteiger partial charge in [-0.05, 0) is 31.9 Å². The molecular formula is C11H21NO2Si. The monoisotopic (exact) mass is 227 g/mol. The van der Waals surface area contributed by atoms with E-state index in [1.165, 1.54) is 6.42 Å². The summed E-state index contributed by atoms with van der Waals surface area (Å²) in [6.45, 7) is 8.36. The Morgan fingerprint density at radius 1 is 1.53 bits per heavy atom. The lowest BCUT2D eigenvalue weighted by Crippen LogP contribution is -2.57. The van der Waals surface area contributed by atoms with E-state index in [0.717, 1.165) is 31.5 Å². The first-order valence-corrected chi connectivity index (χ1v) is 8.04. The maximum Gasteiger partial charge on any atom is 0.300 e. The van der Waals surface area contributed by atoms with Crippen molar-refractivity contribution >= 4 is 14.4 Å². The van der Waals surface area contributed by atoms with Gasteiger partial charge < -0.3 is 9.41 Å². The quantitative estimate of drug-likeness (QED) is 0.591. The highest BCUT2D eigenvalue weighted by molar-refractivity contribution is 6.74. The van der Waals surface area contributed by atoms with Crippen molar-refractivity contribution in [3.63, 3.8) is 0 Å². The van der Waals surface area contributed by atoms with Crippen LogP contribution in [0.15, 0.2) is 12.2 Å². The van der Waals surface area contributed by atoms with E-state index in [4.69, 9.17) is 4.43 Å². The standard InChI is InChI=1S/C11H21NO2Si/c1-4-8-15(9-6-5-7-14-15)12-11(13)10(2)3/h2,4-9H2,1,3H3,(H,12,13). The van der Waals surface area contributed by atoms with Gasteiger partial charge in [-0.15, -0.1) is 0 Å². The minimum atomic E-state index is -1.97. The largest absolute Gasteiger partial charge is 0.399 e. The molecule has 0 aromatic carbocycles. The average Bonchev–Trinajstić information content (AvgIpc) is 2.19. The normalized spacial score (nSPS) is 26.0. The molecule has 0 spiro atoms. The van der Waals surface area contributed by atoms with Gasteiger partial charge in [0.1, 0.15) is 0 Å². The van der Waals surface area contributed by atoms with E-state index in [1.54, 1.807) is 6.92 Å². The highest BCUT2D eigenvalue weighted by atomic mass is 28.4. The summed E-state index contributed by atoms with van der Waals surface area (Å²) in [6, 6.07) is 2.08. The van der Waals surface area contributed by atoms with E-state index in [-0.39, 0.29) is 5.91 Å². The zero-order valence-corrected chi connectivity index (χ0v) is 10.8. The summed E-state index contributed by atoms with van der Waals surface area (Å²) in [6.07, 6.45) is 3.38. The van der Waals surface area contributed by atoms with Crippen molar-refractivity contribution in [2.45, 2.75) is 45.2 Å². The molecule has 1 heterocycles. The van der Waals surface area contributed by atoms with Crippen LogP contribution in [-0.2, 0) is 9.22 Å². The Kier molecular flexibility index (Phi) is 4.54. The molecule has 0 radical (unpaired) electrons. The van der Waals surface area contributed by atoms with Crippen LogP contribution in [0.2, 0.25) is 12.1 Å². The Bertz CT molecular complexity index is 241. The number of carbonyl (C=O) groups excluding carboxylic acids is 1. The molecular weight excluding hydrogens is 206 g/mol. The average molecular weight is 227 g/mol. The van der Waals surface area contributed by atoms with Crippen LogP contribution in [0, 0.1) is 0 Å². The second kappa shape index (κ2) is 5.46. The maximum atomic E-state index is 11.6. The molecule has 1 atom stereocenters. The molecule has 1 fully saturated rings. The first-order chi connectivity index (χ1) is 7.09. The van der Waals surface area contributed by atoms with Crippen LogP contribution in [0.5, 0.6) is 0 Å². The van der Waals surface area contributed by atoms with E-state index >= 15 is 0 Å². The van der Waals surface area contributed by atoms with Crippen molar-refractivity contribution in [1.29, 1.82) is 0 Å². The summed E-state index contributed by atoms with van der Waals surface area (Å²) in [4.78, 5) is 14.7. The molecule has 1 amide bonds. The number of carbonyl (C=O) groups is 1. The Morgan fingerprint density at radius 2 is 2.27 bits per heavy atom. The number of amides is 1. The van der Waals surface area contributed by atoms with Gasteiger partial charge in [-0.25, -0.2) is 0 Å². The molecule has 1 saturated heterocycles. The van der Waals surface area contributed by atoms with Gasteiger partial charge in [0.15, 0.2) is 0 Å². The van der Waals surface area contributed by atoms with Crippen molar-refractivity contribution in [2.24, 2.45) is 0 Å². The molecule has 3 nitrogen and oxygen atoms in total. The first-order valence-electron chi connectivity index (χ1n) is 5.71. The maximum absolute atomic E-state index is 11.6. The lowest BCUT2D eigenvalue weighted by Gasteiger charge is -2.35. The molecule has 0 aromatic heterocycles. The predicted molar refractivity (Wildman–Crippen MR) is 63.8 cm³/mol. The van der Waals surface area contributed by atoms with E-state index < -0.39 is 8.48 Å². The summed E-state index contributed by atoms with van der Waals surface area (Å²) < 4.78 is 5.89. The lowest BCUT2D eigenvalue weighted by molar-refractivity contribution is -0.116. The number of rotatable bonds is 4. The lowest BCUT2D eigenvalue weighted by atomic mass is 10.3. The zero-order valence-electron chi connectivity index (χ0n) is 9.77. The Morgan fingerprint density at radius 3 is 2.73 bits per heavy atom. The highest BCUT2D eigenvalue weighted by Gasteiger charge is 2.38. The molecule has 0 saturated carbocycles. The van der Waals surface area contributed by atoms with Crippen molar-refractivity contribution in [2.75, 3.05) is 6.61 Å². The van der Waals surface area contributed by atoms with Crippen molar-refractivity contribution in [1.82, 2.24) is 4.98 Å². The Labute approximate surface area is 93.1 Å². The van der Waals surface area contributed by atoms with Gasteiger partial charge in [-0.1, -0.05) is 19.9 Å². The van der Waals surface area contributed by atoms with Gasteiger partial charge in [0.2, 0.25) is 5.91 Å². The first kappa shape index (κ1) is 12.5. The molecule has 1 N–H and O–H groups in total. The topological polar surface area (TPSA) is 38.3 Å². The molecule has 0 bridgehead atoms. The highest BCUT2D eigenvalue weighted by Crippen LogP contribution is 2.24. The molecule has 1 unspecified atom stereocenters. The number of hydrogen-bond donors (Lipinski definition) is 1. The number of hydrogen-bond acceptors (Lipinski definition) is 2. The van der Waals surface area contributed by atoms with Crippen molar-refractivity contribution in [3.8, 4) is 0 Å². The molecule has 1 aliphatic rings. The van der Waals surface area contributed by atoms with E-state index in [1.807, 2.05) is 0 Å². The molecule has 0 aromatic rings. The van der Waals surface area contributed by atoms with E-state index in [0.29, 0.717) is 5.57 Å². The van der Waals surface area contributed by atoms with Gasteiger partial charge in [0.05, 0.1) is 0 Å². The fourth-order valence-corrected chi connectivity index (χ4v) is 5.58. The third-order valence-electron chi connectivity index (χ3n) is 2.74. The molecule has 0 aliphatic carbocycles. The molecule has 1 aliphatic heterocycles. The molecule has 1 rings (SSSR count). The van der Waals surface area contributed by atoms with Gasteiger partial charge in [0.25, 0.3) is 0 Å². The van der Waals surface area contributed by atoms with Gasteiger partial charge in [-0.3, -0.25) is 4.79 Å². The molecule has 86 valence electrons. The van der Waals surface area contributed by atoms with Crippen LogP contribution in [0.4, 0.5) is 0 Å². The second-order valence-corrected chi connectivity index (χ2v) is 7.81. The van der Waals surface area contributed by atoms with Crippen LogP contribution in [0.25, 0.3) is 0 Å². The third-order valence-corrected chi connectivity index (χ3v) is 6.64.